The third-order valence-corrected chi connectivity index (χ3v) is 4.93. The Labute approximate surface area is 161 Å². The van der Waals surface area contributed by atoms with Gasteiger partial charge in [-0.15, -0.1) is 10.2 Å². The van der Waals surface area contributed by atoms with Gasteiger partial charge in [-0.2, -0.15) is 0 Å². The van der Waals surface area contributed by atoms with Crippen molar-refractivity contribution in [3.63, 3.8) is 0 Å². The fraction of sp³-hybridized carbons (Fsp3) is 0.250. The first-order chi connectivity index (χ1) is 13.0. The average molecular weight is 385 g/mol. The van der Waals surface area contributed by atoms with Crippen LogP contribution in [0, 0.1) is 5.82 Å². The fourth-order valence-corrected chi connectivity index (χ4v) is 3.24. The van der Waals surface area contributed by atoms with Crippen LogP contribution in [0.2, 0.25) is 0 Å². The van der Waals surface area contributed by atoms with Crippen molar-refractivity contribution in [2.24, 2.45) is 0 Å². The normalized spacial score (nSPS) is 12.2. The Morgan fingerprint density at radius 3 is 2.52 bits per heavy atom. The summed E-state index contributed by atoms with van der Waals surface area (Å²) >= 11 is 1.13. The van der Waals surface area contributed by atoms with Gasteiger partial charge in [-0.1, -0.05) is 55.9 Å². The van der Waals surface area contributed by atoms with Gasteiger partial charge >= 0.3 is 0 Å². The van der Waals surface area contributed by atoms with E-state index in [4.69, 9.17) is 4.42 Å². The second-order valence-corrected chi connectivity index (χ2v) is 7.64. The molecule has 1 N–H and O–H groups in total. The van der Waals surface area contributed by atoms with Crippen LogP contribution in [0.4, 0.5) is 10.1 Å². The second kappa shape index (κ2) is 8.35. The zero-order valence-corrected chi connectivity index (χ0v) is 16.1. The predicted molar refractivity (Wildman–Crippen MR) is 104 cm³/mol. The molecule has 7 heteroatoms. The topological polar surface area (TPSA) is 68.0 Å². The minimum atomic E-state index is -0.459. The maximum Gasteiger partial charge on any atom is 0.277 e. The molecule has 0 aliphatic carbocycles. The highest BCUT2D eigenvalue weighted by atomic mass is 32.2. The second-order valence-electron chi connectivity index (χ2n) is 6.34. The van der Waals surface area contributed by atoms with Crippen molar-refractivity contribution < 1.29 is 13.6 Å². The van der Waals surface area contributed by atoms with Crippen molar-refractivity contribution in [2.45, 2.75) is 37.2 Å². The molecule has 1 atom stereocenters. The highest BCUT2D eigenvalue weighted by Crippen LogP contribution is 2.29. The molecule has 3 aromatic rings. The number of amides is 1. The molecule has 1 aromatic heterocycles. The molecule has 0 radical (unpaired) electrons. The third-order valence-electron chi connectivity index (χ3n) is 4.00. The number of halogens is 1. The minimum absolute atomic E-state index is 0.0911. The number of thioether (sulfide) groups is 1. The number of nitrogens with one attached hydrogen (secondary N) is 1. The standard InChI is InChI=1S/C20H20FN3O2S/c1-12(2)14-8-5-7-11-17(14)22-18(25)13(3)27-20-24-23-19(26-20)15-9-4-6-10-16(15)21/h4-13H,1-3H3,(H,22,25)/t13-/m0/s1. The number of carbonyl (C=O) groups excluding carboxylic acids is 1. The van der Waals surface area contributed by atoms with E-state index in [9.17, 15) is 9.18 Å². The Morgan fingerprint density at radius 1 is 1.07 bits per heavy atom. The van der Waals surface area contributed by atoms with E-state index in [-0.39, 0.29) is 22.6 Å². The van der Waals surface area contributed by atoms with Gasteiger partial charge in [-0.3, -0.25) is 4.79 Å². The van der Waals surface area contributed by atoms with Gasteiger partial charge in [0.25, 0.3) is 11.1 Å². The van der Waals surface area contributed by atoms with E-state index in [1.807, 2.05) is 24.3 Å². The lowest BCUT2D eigenvalue weighted by molar-refractivity contribution is -0.115. The summed E-state index contributed by atoms with van der Waals surface area (Å²) in [6.45, 7) is 5.91. The highest BCUT2D eigenvalue weighted by molar-refractivity contribution is 8.00. The number of hydrogen-bond donors (Lipinski definition) is 1. The monoisotopic (exact) mass is 385 g/mol. The van der Waals surface area contributed by atoms with Crippen LogP contribution in [0.5, 0.6) is 0 Å². The summed E-state index contributed by atoms with van der Waals surface area (Å²) in [5, 5.41) is 10.5. The van der Waals surface area contributed by atoms with E-state index in [0.29, 0.717) is 5.92 Å². The first-order valence-electron chi connectivity index (χ1n) is 8.60. The summed E-state index contributed by atoms with van der Waals surface area (Å²) in [5.74, 6) is -0.218. The first-order valence-corrected chi connectivity index (χ1v) is 9.48. The maximum atomic E-state index is 13.8. The number of aromatic nitrogens is 2. The number of rotatable bonds is 6. The van der Waals surface area contributed by atoms with Gasteiger partial charge in [-0.25, -0.2) is 4.39 Å². The molecule has 5 nitrogen and oxygen atoms in total. The molecule has 27 heavy (non-hydrogen) atoms. The van der Waals surface area contributed by atoms with Crippen molar-refractivity contribution in [3.05, 3.63) is 59.9 Å². The molecule has 0 unspecified atom stereocenters. The summed E-state index contributed by atoms with van der Waals surface area (Å²) < 4.78 is 19.3. The van der Waals surface area contributed by atoms with E-state index < -0.39 is 11.1 Å². The lowest BCUT2D eigenvalue weighted by atomic mass is 10.0. The summed E-state index contributed by atoms with van der Waals surface area (Å²) in [5.41, 5.74) is 2.10. The fourth-order valence-electron chi connectivity index (χ4n) is 2.55. The minimum Gasteiger partial charge on any atom is -0.411 e. The Bertz CT molecular complexity index is 942. The molecular weight excluding hydrogens is 365 g/mol. The van der Waals surface area contributed by atoms with Crippen LogP contribution in [-0.4, -0.2) is 21.4 Å². The molecule has 1 amide bonds. The Hall–Kier alpha value is -2.67. The molecule has 3 rings (SSSR count). The lowest BCUT2D eigenvalue weighted by Gasteiger charge is -2.15. The number of carbonyl (C=O) groups is 1. The zero-order valence-electron chi connectivity index (χ0n) is 15.3. The van der Waals surface area contributed by atoms with Crippen molar-refractivity contribution in [2.75, 3.05) is 5.32 Å². The Morgan fingerprint density at radius 2 is 1.78 bits per heavy atom. The molecule has 0 fully saturated rings. The van der Waals surface area contributed by atoms with Gasteiger partial charge in [-0.05, 0) is 36.6 Å². The number of nitrogens with zero attached hydrogens (tertiary/aromatic N) is 2. The highest BCUT2D eigenvalue weighted by Gasteiger charge is 2.20. The molecular formula is C20H20FN3O2S. The number of hydrogen-bond acceptors (Lipinski definition) is 5. The molecule has 0 spiro atoms. The van der Waals surface area contributed by atoms with Gasteiger partial charge in [0.2, 0.25) is 5.91 Å². The maximum absolute atomic E-state index is 13.8. The van der Waals surface area contributed by atoms with Crippen LogP contribution >= 0.6 is 11.8 Å². The van der Waals surface area contributed by atoms with Crippen LogP contribution in [-0.2, 0) is 4.79 Å². The summed E-state index contributed by atoms with van der Waals surface area (Å²) in [6, 6.07) is 13.9. The molecule has 1 heterocycles. The summed E-state index contributed by atoms with van der Waals surface area (Å²) in [7, 11) is 0. The predicted octanol–water partition coefficient (Wildman–Crippen LogP) is 5.12. The molecule has 2 aromatic carbocycles. The van der Waals surface area contributed by atoms with Gasteiger partial charge < -0.3 is 9.73 Å². The van der Waals surface area contributed by atoms with Crippen molar-refractivity contribution in [1.82, 2.24) is 10.2 Å². The van der Waals surface area contributed by atoms with Crippen molar-refractivity contribution >= 4 is 23.4 Å². The zero-order chi connectivity index (χ0) is 19.4. The van der Waals surface area contributed by atoms with Crippen LogP contribution < -0.4 is 5.32 Å². The van der Waals surface area contributed by atoms with Crippen LogP contribution in [0.1, 0.15) is 32.3 Å². The average Bonchev–Trinajstić information content (AvgIpc) is 3.10. The molecule has 0 saturated heterocycles. The van der Waals surface area contributed by atoms with Crippen LogP contribution in [0.25, 0.3) is 11.5 Å². The van der Waals surface area contributed by atoms with E-state index >= 15 is 0 Å². The summed E-state index contributed by atoms with van der Waals surface area (Å²) in [6.07, 6.45) is 0. The van der Waals surface area contributed by atoms with E-state index in [1.54, 1.807) is 25.1 Å². The van der Waals surface area contributed by atoms with Crippen LogP contribution in [0.3, 0.4) is 0 Å². The smallest absolute Gasteiger partial charge is 0.277 e. The largest absolute Gasteiger partial charge is 0.411 e. The number of para-hydroxylation sites is 1. The van der Waals surface area contributed by atoms with Gasteiger partial charge in [0.1, 0.15) is 5.82 Å². The molecule has 0 aliphatic heterocycles. The quantitative estimate of drug-likeness (QED) is 0.597. The van der Waals surface area contributed by atoms with E-state index in [1.165, 1.54) is 6.07 Å². The van der Waals surface area contributed by atoms with Gasteiger partial charge in [0.15, 0.2) is 0 Å². The Kier molecular flexibility index (Phi) is 5.91. The molecule has 0 bridgehead atoms. The summed E-state index contributed by atoms with van der Waals surface area (Å²) in [4.78, 5) is 12.5. The van der Waals surface area contributed by atoms with Gasteiger partial charge in [0.05, 0.1) is 10.8 Å². The van der Waals surface area contributed by atoms with Crippen molar-refractivity contribution in [3.8, 4) is 11.5 Å². The van der Waals surface area contributed by atoms with Crippen molar-refractivity contribution in [1.29, 1.82) is 0 Å². The Balaban J connectivity index is 1.68. The van der Waals surface area contributed by atoms with Crippen LogP contribution in [0.15, 0.2) is 58.2 Å². The van der Waals surface area contributed by atoms with Gasteiger partial charge in [0, 0.05) is 5.69 Å². The number of anilines is 1. The molecule has 0 aliphatic rings. The molecule has 0 saturated carbocycles. The van der Waals surface area contributed by atoms with E-state index in [0.717, 1.165) is 23.0 Å². The third kappa shape index (κ3) is 4.54. The lowest BCUT2D eigenvalue weighted by Crippen LogP contribution is -2.23. The first kappa shape index (κ1) is 19.1. The SMILES string of the molecule is CC(C)c1ccccc1NC(=O)[C@H](C)Sc1nnc(-c2ccccc2F)o1. The number of benzene rings is 2. The van der Waals surface area contributed by atoms with E-state index in [2.05, 4.69) is 29.4 Å². The molecule has 140 valence electrons.